The minimum atomic E-state index is -4.01. The fourth-order valence-corrected chi connectivity index (χ4v) is 5.27. The average Bonchev–Trinajstić information content (AvgIpc) is 2.84. The predicted molar refractivity (Wildman–Crippen MR) is 139 cm³/mol. The molecule has 0 bridgehead atoms. The van der Waals surface area contributed by atoms with Crippen LogP contribution >= 0.6 is 11.6 Å². The first-order chi connectivity index (χ1) is 17.3. The molecule has 0 heterocycles. The zero-order valence-electron chi connectivity index (χ0n) is 19.9. The SMILES string of the molecule is COc1ccc(NS(=O)(=O)c2ccc(NC(=O)CN(c3ccc(F)c(Cl)c3)S(C)(=O)=O)cc2)c(OC)c1. The molecule has 0 aliphatic carbocycles. The third-order valence-electron chi connectivity index (χ3n) is 4.98. The smallest absolute Gasteiger partial charge is 0.262 e. The maximum absolute atomic E-state index is 13.5. The van der Waals surface area contributed by atoms with E-state index in [0.29, 0.717) is 5.75 Å². The summed E-state index contributed by atoms with van der Waals surface area (Å²) in [5.41, 5.74) is 0.421. The van der Waals surface area contributed by atoms with Crippen LogP contribution in [0.15, 0.2) is 65.6 Å². The van der Waals surface area contributed by atoms with E-state index in [1.165, 1.54) is 56.7 Å². The highest BCUT2D eigenvalue weighted by Crippen LogP contribution is 2.31. The largest absolute Gasteiger partial charge is 0.497 e. The van der Waals surface area contributed by atoms with Crippen LogP contribution in [0.5, 0.6) is 11.5 Å². The Hall–Kier alpha value is -3.55. The molecule has 0 aliphatic rings. The van der Waals surface area contributed by atoms with E-state index in [0.717, 1.165) is 22.7 Å². The van der Waals surface area contributed by atoms with Gasteiger partial charge in [0.15, 0.2) is 0 Å². The van der Waals surface area contributed by atoms with Gasteiger partial charge in [-0.2, -0.15) is 0 Å². The van der Waals surface area contributed by atoms with Crippen LogP contribution in [0.2, 0.25) is 5.02 Å². The Bertz CT molecular complexity index is 1520. The lowest BCUT2D eigenvalue weighted by Gasteiger charge is -2.22. The summed E-state index contributed by atoms with van der Waals surface area (Å²) in [4.78, 5) is 12.5. The van der Waals surface area contributed by atoms with Crippen molar-refractivity contribution in [3.8, 4) is 11.5 Å². The first kappa shape index (κ1) is 28.0. The van der Waals surface area contributed by atoms with Crippen molar-refractivity contribution in [3.63, 3.8) is 0 Å². The van der Waals surface area contributed by atoms with Gasteiger partial charge >= 0.3 is 0 Å². The lowest BCUT2D eigenvalue weighted by molar-refractivity contribution is -0.114. The fraction of sp³-hybridized carbons (Fsp3) is 0.174. The van der Waals surface area contributed by atoms with Crippen molar-refractivity contribution in [1.29, 1.82) is 0 Å². The van der Waals surface area contributed by atoms with E-state index >= 15 is 0 Å². The molecule has 0 atom stereocenters. The van der Waals surface area contributed by atoms with Crippen molar-refractivity contribution >= 4 is 54.6 Å². The van der Waals surface area contributed by atoms with Crippen LogP contribution in [-0.2, 0) is 24.8 Å². The number of nitrogens with one attached hydrogen (secondary N) is 2. The number of hydrogen-bond donors (Lipinski definition) is 2. The first-order valence-corrected chi connectivity index (χ1v) is 14.1. The summed E-state index contributed by atoms with van der Waals surface area (Å²) in [6.07, 6.45) is 0.891. The van der Waals surface area contributed by atoms with Gasteiger partial charge in [0.2, 0.25) is 15.9 Å². The molecule has 0 spiro atoms. The Labute approximate surface area is 219 Å². The van der Waals surface area contributed by atoms with Crippen LogP contribution in [-0.4, -0.2) is 49.8 Å². The second-order valence-electron chi connectivity index (χ2n) is 7.61. The Morgan fingerprint density at radius 2 is 1.65 bits per heavy atom. The quantitative estimate of drug-likeness (QED) is 0.379. The number of rotatable bonds is 10. The molecule has 0 aromatic heterocycles. The van der Waals surface area contributed by atoms with Crippen molar-refractivity contribution in [1.82, 2.24) is 0 Å². The Morgan fingerprint density at radius 1 is 0.973 bits per heavy atom. The molecule has 1 amide bonds. The van der Waals surface area contributed by atoms with Gasteiger partial charge in [0.25, 0.3) is 10.0 Å². The van der Waals surface area contributed by atoms with Crippen LogP contribution in [0.3, 0.4) is 0 Å². The summed E-state index contributed by atoms with van der Waals surface area (Å²) >= 11 is 5.74. The van der Waals surface area contributed by atoms with Crippen molar-refractivity contribution in [2.45, 2.75) is 4.90 Å². The fourth-order valence-electron chi connectivity index (χ4n) is 3.18. The summed E-state index contributed by atoms with van der Waals surface area (Å²) in [5.74, 6) is -0.720. The molecule has 37 heavy (non-hydrogen) atoms. The molecule has 2 N–H and O–H groups in total. The molecule has 3 rings (SSSR count). The van der Waals surface area contributed by atoms with E-state index in [-0.39, 0.29) is 32.7 Å². The maximum atomic E-state index is 13.5. The number of sulfonamides is 2. The van der Waals surface area contributed by atoms with Crippen molar-refractivity contribution in [3.05, 3.63) is 71.5 Å². The van der Waals surface area contributed by atoms with Gasteiger partial charge < -0.3 is 14.8 Å². The third-order valence-corrected chi connectivity index (χ3v) is 7.79. The van der Waals surface area contributed by atoms with Gasteiger partial charge in [0.1, 0.15) is 23.9 Å². The van der Waals surface area contributed by atoms with Crippen LogP contribution in [0.1, 0.15) is 0 Å². The zero-order valence-corrected chi connectivity index (χ0v) is 22.2. The number of hydrogen-bond acceptors (Lipinski definition) is 7. The molecule has 0 unspecified atom stereocenters. The molecular weight excluding hydrogens is 549 g/mol. The third kappa shape index (κ3) is 7.02. The van der Waals surface area contributed by atoms with Gasteiger partial charge in [-0.3, -0.25) is 13.8 Å². The molecule has 3 aromatic rings. The van der Waals surface area contributed by atoms with Gasteiger partial charge in [-0.15, -0.1) is 0 Å². The van der Waals surface area contributed by atoms with Crippen LogP contribution in [0, 0.1) is 5.82 Å². The molecule has 0 aliphatic heterocycles. The first-order valence-electron chi connectivity index (χ1n) is 10.4. The summed E-state index contributed by atoms with van der Waals surface area (Å²) in [6, 6.07) is 13.1. The van der Waals surface area contributed by atoms with Crippen molar-refractivity contribution in [2.75, 3.05) is 41.4 Å². The van der Waals surface area contributed by atoms with Gasteiger partial charge in [-0.25, -0.2) is 21.2 Å². The molecular formula is C23H23ClFN3O7S2. The molecule has 3 aromatic carbocycles. The Balaban J connectivity index is 1.74. The maximum Gasteiger partial charge on any atom is 0.262 e. The number of halogens is 2. The zero-order chi connectivity index (χ0) is 27.4. The van der Waals surface area contributed by atoms with E-state index in [9.17, 15) is 26.0 Å². The topological polar surface area (TPSA) is 131 Å². The molecule has 0 radical (unpaired) electrons. The monoisotopic (exact) mass is 571 g/mol. The van der Waals surface area contributed by atoms with Gasteiger partial charge in [0, 0.05) is 11.8 Å². The average molecular weight is 572 g/mol. The lowest BCUT2D eigenvalue weighted by atomic mass is 10.3. The van der Waals surface area contributed by atoms with Crippen molar-refractivity contribution in [2.24, 2.45) is 0 Å². The number of nitrogens with zero attached hydrogens (tertiary/aromatic N) is 1. The summed E-state index contributed by atoms with van der Waals surface area (Å²) in [5, 5.41) is 2.20. The number of carbonyl (C=O) groups excluding carboxylic acids is 1. The van der Waals surface area contributed by atoms with E-state index < -0.39 is 38.3 Å². The molecule has 0 fully saturated rings. The second kappa shape index (κ2) is 11.2. The highest BCUT2D eigenvalue weighted by Gasteiger charge is 2.22. The predicted octanol–water partition coefficient (Wildman–Crippen LogP) is 3.70. The van der Waals surface area contributed by atoms with E-state index in [2.05, 4.69) is 10.0 Å². The minimum absolute atomic E-state index is 0.00512. The van der Waals surface area contributed by atoms with Crippen LogP contribution in [0.25, 0.3) is 0 Å². The lowest BCUT2D eigenvalue weighted by Crippen LogP contribution is -2.37. The Kier molecular flexibility index (Phi) is 8.51. The Morgan fingerprint density at radius 3 is 2.22 bits per heavy atom. The van der Waals surface area contributed by atoms with E-state index in [4.69, 9.17) is 21.1 Å². The number of ether oxygens (including phenoxy) is 2. The number of methoxy groups -OCH3 is 2. The number of amides is 1. The number of anilines is 3. The molecule has 0 saturated heterocycles. The van der Waals surface area contributed by atoms with Crippen LogP contribution in [0.4, 0.5) is 21.5 Å². The normalized spacial score (nSPS) is 11.5. The summed E-state index contributed by atoms with van der Waals surface area (Å²) in [6.45, 7) is -0.625. The van der Waals surface area contributed by atoms with Crippen molar-refractivity contribution < 1.29 is 35.5 Å². The second-order valence-corrected chi connectivity index (χ2v) is 11.6. The summed E-state index contributed by atoms with van der Waals surface area (Å²) in [7, 11) is -5.07. The number of benzene rings is 3. The van der Waals surface area contributed by atoms with Gasteiger partial charge in [0.05, 0.1) is 41.8 Å². The summed E-state index contributed by atoms with van der Waals surface area (Å²) < 4.78 is 77.1. The van der Waals surface area contributed by atoms with Crippen LogP contribution < -0.4 is 23.8 Å². The van der Waals surface area contributed by atoms with E-state index in [1.54, 1.807) is 6.07 Å². The molecule has 14 heteroatoms. The minimum Gasteiger partial charge on any atom is -0.497 e. The number of carbonyl (C=O) groups is 1. The highest BCUT2D eigenvalue weighted by molar-refractivity contribution is 7.92. The van der Waals surface area contributed by atoms with E-state index in [1.807, 2.05) is 0 Å². The highest BCUT2D eigenvalue weighted by atomic mass is 35.5. The van der Waals surface area contributed by atoms with Gasteiger partial charge in [-0.1, -0.05) is 11.6 Å². The molecule has 10 nitrogen and oxygen atoms in total. The molecule has 198 valence electrons. The van der Waals surface area contributed by atoms with Gasteiger partial charge in [-0.05, 0) is 54.6 Å². The standard InChI is InChI=1S/C23H23ClFN3O7S2/c1-34-17-7-11-21(22(13-17)35-2)27-37(32,33)18-8-4-15(5-9-18)26-23(29)14-28(36(3,30)31)16-6-10-20(25)19(24)12-16/h4-13,27H,14H2,1-3H3,(H,26,29). The molecule has 0 saturated carbocycles.